The molecule has 1 N–H and O–H groups in total. The maximum Gasteiger partial charge on any atom is 0.295 e. The number of morpholine rings is 1. The van der Waals surface area contributed by atoms with E-state index in [2.05, 4.69) is 0 Å². The number of Topliss-reactive ketones (excluding diaryl/α,β-unsaturated/α-hetero) is 1. The van der Waals surface area contributed by atoms with Gasteiger partial charge in [0, 0.05) is 5.57 Å². The van der Waals surface area contributed by atoms with Crippen molar-refractivity contribution in [3.63, 3.8) is 0 Å². The van der Waals surface area contributed by atoms with Gasteiger partial charge >= 0.3 is 0 Å². The molecule has 37 heavy (non-hydrogen) atoms. The van der Waals surface area contributed by atoms with Crippen LogP contribution in [0.4, 0.5) is 0 Å². The van der Waals surface area contributed by atoms with Crippen LogP contribution in [-0.2, 0) is 14.3 Å². The van der Waals surface area contributed by atoms with Crippen molar-refractivity contribution in [2.24, 2.45) is 0 Å². The lowest BCUT2D eigenvalue weighted by molar-refractivity contribution is -0.907. The van der Waals surface area contributed by atoms with Crippen LogP contribution in [-0.4, -0.2) is 69.2 Å². The van der Waals surface area contributed by atoms with Crippen molar-refractivity contribution >= 4 is 17.4 Å². The Kier molecular flexibility index (Phi) is 9.19. The normalized spacial score (nSPS) is 19.8. The molecule has 0 aliphatic carbocycles. The van der Waals surface area contributed by atoms with E-state index in [9.17, 15) is 14.7 Å². The number of nitrogens with zero attached hydrogens (tertiary/aromatic N) is 1. The zero-order valence-electron chi connectivity index (χ0n) is 21.7. The van der Waals surface area contributed by atoms with E-state index in [1.807, 2.05) is 38.1 Å². The molecular formula is C29H36N2O6. The summed E-state index contributed by atoms with van der Waals surface area (Å²) in [6, 6.07) is 13.3. The number of ketones is 1. The lowest BCUT2D eigenvalue weighted by Gasteiger charge is -2.30. The molecular weight excluding hydrogens is 472 g/mol. The molecule has 2 heterocycles. The van der Waals surface area contributed by atoms with E-state index in [1.165, 1.54) is 4.90 Å². The third-order valence-electron chi connectivity index (χ3n) is 6.69. The highest BCUT2D eigenvalue weighted by molar-refractivity contribution is 6.46. The molecule has 0 bridgehead atoms. The highest BCUT2D eigenvalue weighted by Crippen LogP contribution is 2.39. The monoisotopic (exact) mass is 508 g/mol. The summed E-state index contributed by atoms with van der Waals surface area (Å²) in [7, 11) is 0. The van der Waals surface area contributed by atoms with Gasteiger partial charge in [0.1, 0.15) is 24.6 Å². The quantitative estimate of drug-likeness (QED) is 0.280. The first-order chi connectivity index (χ1) is 18.0. The van der Waals surface area contributed by atoms with Gasteiger partial charge in [-0.1, -0.05) is 43.9 Å². The molecule has 2 fully saturated rings. The predicted octanol–water partition coefficient (Wildman–Crippen LogP) is 1.40. The molecule has 0 spiro atoms. The van der Waals surface area contributed by atoms with E-state index in [4.69, 9.17) is 14.2 Å². The fourth-order valence-corrected chi connectivity index (χ4v) is 4.68. The summed E-state index contributed by atoms with van der Waals surface area (Å²) in [5.41, 5.74) is 1.06. The Bertz CT molecular complexity index is 1090. The molecule has 0 aromatic heterocycles. The van der Waals surface area contributed by atoms with Crippen LogP contribution in [0.15, 0.2) is 54.1 Å². The van der Waals surface area contributed by atoms with Crippen molar-refractivity contribution in [2.75, 3.05) is 52.6 Å². The van der Waals surface area contributed by atoms with Crippen LogP contribution in [0.25, 0.3) is 5.76 Å². The van der Waals surface area contributed by atoms with E-state index >= 15 is 0 Å². The summed E-state index contributed by atoms with van der Waals surface area (Å²) < 4.78 is 16.8. The molecule has 0 saturated carbocycles. The fourth-order valence-electron chi connectivity index (χ4n) is 4.68. The van der Waals surface area contributed by atoms with Crippen molar-refractivity contribution in [3.8, 4) is 11.5 Å². The van der Waals surface area contributed by atoms with Crippen LogP contribution < -0.4 is 19.5 Å². The molecule has 1 atom stereocenters. The zero-order chi connectivity index (χ0) is 26.2. The van der Waals surface area contributed by atoms with Gasteiger partial charge < -0.3 is 29.1 Å². The summed E-state index contributed by atoms with van der Waals surface area (Å²) in [4.78, 5) is 29.3. The molecule has 0 radical (unpaired) electrons. The van der Waals surface area contributed by atoms with Crippen LogP contribution in [0, 0.1) is 0 Å². The molecule has 2 saturated heterocycles. The number of hydrogen-bond donors (Lipinski definition) is 1. The largest absolute Gasteiger partial charge is 0.872 e. The third kappa shape index (κ3) is 6.32. The van der Waals surface area contributed by atoms with Gasteiger partial charge in [0.15, 0.2) is 0 Å². The number of hydrogen-bond acceptors (Lipinski definition) is 6. The van der Waals surface area contributed by atoms with Crippen LogP contribution >= 0.6 is 0 Å². The summed E-state index contributed by atoms with van der Waals surface area (Å²) in [5, 5.41) is 13.6. The second kappa shape index (κ2) is 12.7. The van der Waals surface area contributed by atoms with Crippen LogP contribution in [0.1, 0.15) is 43.9 Å². The van der Waals surface area contributed by atoms with E-state index in [0.29, 0.717) is 62.1 Å². The number of carbonyl (C=O) groups excluding carboxylic acids is 2. The summed E-state index contributed by atoms with van der Waals surface area (Å²) in [6.07, 6.45) is 1.76. The molecule has 4 rings (SSSR count). The van der Waals surface area contributed by atoms with Crippen molar-refractivity contribution in [1.29, 1.82) is 0 Å². The fraction of sp³-hybridized carbons (Fsp3) is 0.448. The van der Waals surface area contributed by atoms with Gasteiger partial charge in [-0.3, -0.25) is 9.59 Å². The Hall–Kier alpha value is -3.36. The standard InChI is InChI=1S/C29H36N2O6/c1-3-17-36-23-9-5-21(6-10-23)26-25(27(32)22-7-11-24(12-8-22)37-18-4-2)28(33)29(34)31(26)14-13-30-15-19-35-20-16-30/h5-12,26,32H,3-4,13-20H2,1-2H3. The second-order valence-electron chi connectivity index (χ2n) is 9.38. The maximum absolute atomic E-state index is 13.6. The molecule has 1 amide bonds. The SMILES string of the molecule is CCCOc1ccc(C([O-])=C2C(=O)C(=O)N(CC[NH+]3CCOCC3)C2c2ccc(OCCC)cc2)cc1. The first kappa shape index (κ1) is 26.7. The minimum absolute atomic E-state index is 0.00793. The summed E-state index contributed by atoms with van der Waals surface area (Å²) in [5.74, 6) is -0.426. The van der Waals surface area contributed by atoms with Gasteiger partial charge in [-0.2, -0.15) is 0 Å². The number of carbonyl (C=O) groups is 2. The molecule has 8 heteroatoms. The smallest absolute Gasteiger partial charge is 0.295 e. The Balaban J connectivity index is 1.67. The van der Waals surface area contributed by atoms with E-state index in [-0.39, 0.29) is 5.57 Å². The highest BCUT2D eigenvalue weighted by atomic mass is 16.5. The average Bonchev–Trinajstić information content (AvgIpc) is 3.19. The Morgan fingerprint density at radius 1 is 0.946 bits per heavy atom. The topological polar surface area (TPSA) is 92.6 Å². The van der Waals surface area contributed by atoms with Crippen molar-refractivity contribution in [3.05, 3.63) is 65.2 Å². The van der Waals surface area contributed by atoms with Gasteiger partial charge in [0.05, 0.1) is 45.6 Å². The minimum Gasteiger partial charge on any atom is -0.872 e. The first-order valence-electron chi connectivity index (χ1n) is 13.2. The number of likely N-dealkylation sites (tertiary alicyclic amines) is 1. The summed E-state index contributed by atoms with van der Waals surface area (Å²) in [6.45, 7) is 9.36. The summed E-state index contributed by atoms with van der Waals surface area (Å²) >= 11 is 0. The van der Waals surface area contributed by atoms with Gasteiger partial charge in [-0.05, 0) is 48.2 Å². The third-order valence-corrected chi connectivity index (χ3v) is 6.69. The number of rotatable bonds is 11. The minimum atomic E-state index is -0.746. The highest BCUT2D eigenvalue weighted by Gasteiger charge is 2.44. The second-order valence-corrected chi connectivity index (χ2v) is 9.38. The number of amides is 1. The Morgan fingerprint density at radius 3 is 2.08 bits per heavy atom. The predicted molar refractivity (Wildman–Crippen MR) is 137 cm³/mol. The Labute approximate surface area is 218 Å². The molecule has 8 nitrogen and oxygen atoms in total. The van der Waals surface area contributed by atoms with Crippen molar-refractivity contribution in [1.82, 2.24) is 4.90 Å². The van der Waals surface area contributed by atoms with Gasteiger partial charge in [0.2, 0.25) is 5.78 Å². The van der Waals surface area contributed by atoms with Crippen LogP contribution in [0.5, 0.6) is 11.5 Å². The molecule has 2 aromatic carbocycles. The van der Waals surface area contributed by atoms with Crippen molar-refractivity contribution in [2.45, 2.75) is 32.7 Å². The van der Waals surface area contributed by atoms with Gasteiger partial charge in [-0.25, -0.2) is 0 Å². The van der Waals surface area contributed by atoms with E-state index < -0.39 is 23.5 Å². The lowest BCUT2D eigenvalue weighted by atomic mass is 9.95. The Morgan fingerprint density at radius 2 is 1.51 bits per heavy atom. The average molecular weight is 509 g/mol. The van der Waals surface area contributed by atoms with E-state index in [0.717, 1.165) is 25.9 Å². The van der Waals surface area contributed by atoms with Gasteiger partial charge in [0.25, 0.3) is 5.91 Å². The lowest BCUT2D eigenvalue weighted by Crippen LogP contribution is -3.14. The number of ether oxygens (including phenoxy) is 3. The number of nitrogens with one attached hydrogen (secondary N) is 1. The zero-order valence-corrected chi connectivity index (χ0v) is 21.7. The molecule has 1 unspecified atom stereocenters. The number of quaternary nitrogens is 1. The van der Waals surface area contributed by atoms with Gasteiger partial charge in [-0.15, -0.1) is 0 Å². The molecule has 2 aromatic rings. The number of benzene rings is 2. The first-order valence-corrected chi connectivity index (χ1v) is 13.2. The van der Waals surface area contributed by atoms with E-state index in [1.54, 1.807) is 29.2 Å². The molecule has 2 aliphatic heterocycles. The molecule has 198 valence electrons. The van der Waals surface area contributed by atoms with Crippen LogP contribution in [0.3, 0.4) is 0 Å². The maximum atomic E-state index is 13.6. The van der Waals surface area contributed by atoms with Crippen molar-refractivity contribution < 1.29 is 33.8 Å². The van der Waals surface area contributed by atoms with Crippen LogP contribution in [0.2, 0.25) is 0 Å². The molecule has 2 aliphatic rings.